The lowest BCUT2D eigenvalue weighted by molar-refractivity contribution is -0.120. The molecule has 0 saturated heterocycles. The van der Waals surface area contributed by atoms with Gasteiger partial charge in [0.25, 0.3) is 0 Å². The van der Waals surface area contributed by atoms with E-state index < -0.39 is 10.0 Å². The molecule has 0 aliphatic heterocycles. The molecule has 0 aliphatic carbocycles. The molecule has 1 heterocycles. The fourth-order valence-corrected chi connectivity index (χ4v) is 2.56. The second kappa shape index (κ2) is 7.20. The molecule has 1 aromatic heterocycles. The highest BCUT2D eigenvalue weighted by Crippen LogP contribution is 2.18. The molecule has 0 fully saturated rings. The van der Waals surface area contributed by atoms with Gasteiger partial charge in [-0.1, -0.05) is 13.8 Å². The molecule has 7 nitrogen and oxygen atoms in total. The number of carbonyl (C=O) groups excluding carboxylic acids is 1. The summed E-state index contributed by atoms with van der Waals surface area (Å²) < 4.78 is 26.4. The zero-order valence-corrected chi connectivity index (χ0v) is 12.6. The third kappa shape index (κ3) is 4.78. The third-order valence-corrected chi connectivity index (χ3v) is 3.90. The van der Waals surface area contributed by atoms with Crippen molar-refractivity contribution in [1.29, 1.82) is 0 Å². The molecule has 0 aliphatic rings. The maximum absolute atomic E-state index is 12.1. The van der Waals surface area contributed by atoms with E-state index in [0.29, 0.717) is 18.2 Å². The lowest BCUT2D eigenvalue weighted by Gasteiger charge is -2.11. The second-order valence-electron chi connectivity index (χ2n) is 4.64. The van der Waals surface area contributed by atoms with E-state index in [1.807, 2.05) is 13.8 Å². The van der Waals surface area contributed by atoms with Crippen LogP contribution in [0, 0.1) is 5.92 Å². The third-order valence-electron chi connectivity index (χ3n) is 2.47. The fourth-order valence-electron chi connectivity index (χ4n) is 1.42. The van der Waals surface area contributed by atoms with Gasteiger partial charge in [0.05, 0.1) is 12.2 Å². The van der Waals surface area contributed by atoms with Crippen LogP contribution in [0.5, 0.6) is 0 Å². The molecule has 112 valence electrons. The molecule has 0 atom stereocenters. The number of amides is 1. The molecule has 8 heteroatoms. The molecule has 0 unspecified atom stereocenters. The number of hydrogen-bond donors (Lipinski definition) is 3. The SMILES string of the molecule is CNc1ccncc1S(=O)(=O)NCC(=O)NCC(C)C. The highest BCUT2D eigenvalue weighted by molar-refractivity contribution is 7.89. The van der Waals surface area contributed by atoms with Crippen molar-refractivity contribution in [3.8, 4) is 0 Å². The van der Waals surface area contributed by atoms with E-state index in [1.54, 1.807) is 13.1 Å². The van der Waals surface area contributed by atoms with Crippen molar-refractivity contribution < 1.29 is 13.2 Å². The Kier molecular flexibility index (Phi) is 5.90. The van der Waals surface area contributed by atoms with Crippen LogP contribution in [-0.4, -0.2) is 39.4 Å². The normalized spacial score (nSPS) is 11.4. The molecule has 0 radical (unpaired) electrons. The van der Waals surface area contributed by atoms with Crippen molar-refractivity contribution in [2.24, 2.45) is 5.92 Å². The molecular weight excluding hydrogens is 280 g/mol. The van der Waals surface area contributed by atoms with Crippen LogP contribution >= 0.6 is 0 Å². The van der Waals surface area contributed by atoms with Crippen LogP contribution in [0.3, 0.4) is 0 Å². The number of carbonyl (C=O) groups is 1. The zero-order valence-electron chi connectivity index (χ0n) is 11.8. The van der Waals surface area contributed by atoms with Gasteiger partial charge in [0, 0.05) is 26.0 Å². The summed E-state index contributed by atoms with van der Waals surface area (Å²) in [4.78, 5) is 15.3. The molecule has 0 spiro atoms. The smallest absolute Gasteiger partial charge is 0.244 e. The van der Waals surface area contributed by atoms with Crippen molar-refractivity contribution in [3.63, 3.8) is 0 Å². The van der Waals surface area contributed by atoms with Gasteiger partial charge in [-0.15, -0.1) is 0 Å². The Morgan fingerprint density at radius 2 is 2.10 bits per heavy atom. The van der Waals surface area contributed by atoms with Crippen molar-refractivity contribution in [3.05, 3.63) is 18.5 Å². The standard InChI is InChI=1S/C12H20N4O3S/c1-9(2)6-15-12(17)8-16-20(18,19)11-7-14-5-4-10(11)13-3/h4-5,7,9,16H,6,8H2,1-3H3,(H,13,14)(H,15,17). The zero-order chi connectivity index (χ0) is 15.2. The Morgan fingerprint density at radius 1 is 1.40 bits per heavy atom. The van der Waals surface area contributed by atoms with E-state index >= 15 is 0 Å². The van der Waals surface area contributed by atoms with E-state index in [-0.39, 0.29) is 17.3 Å². The average molecular weight is 300 g/mol. The summed E-state index contributed by atoms with van der Waals surface area (Å²) in [6.07, 6.45) is 2.72. The summed E-state index contributed by atoms with van der Waals surface area (Å²) >= 11 is 0. The number of aromatic nitrogens is 1. The Bertz CT molecular complexity index is 558. The molecule has 0 saturated carbocycles. The fraction of sp³-hybridized carbons (Fsp3) is 0.500. The van der Waals surface area contributed by atoms with E-state index in [1.165, 1.54) is 12.4 Å². The molecule has 0 bridgehead atoms. The first-order valence-electron chi connectivity index (χ1n) is 6.25. The Morgan fingerprint density at radius 3 is 2.70 bits per heavy atom. The predicted molar refractivity (Wildman–Crippen MR) is 76.8 cm³/mol. The van der Waals surface area contributed by atoms with Crippen molar-refractivity contribution in [2.45, 2.75) is 18.7 Å². The number of hydrogen-bond acceptors (Lipinski definition) is 5. The second-order valence-corrected chi connectivity index (χ2v) is 6.38. The van der Waals surface area contributed by atoms with Crippen LogP contribution in [0.15, 0.2) is 23.4 Å². The van der Waals surface area contributed by atoms with Gasteiger partial charge in [-0.2, -0.15) is 0 Å². The first-order chi connectivity index (χ1) is 9.36. The van der Waals surface area contributed by atoms with Crippen LogP contribution in [0.4, 0.5) is 5.69 Å². The molecule has 1 aromatic rings. The number of nitrogens with zero attached hydrogens (tertiary/aromatic N) is 1. The lowest BCUT2D eigenvalue weighted by atomic mass is 10.2. The minimum Gasteiger partial charge on any atom is -0.387 e. The van der Waals surface area contributed by atoms with Crippen LogP contribution in [-0.2, 0) is 14.8 Å². The first-order valence-corrected chi connectivity index (χ1v) is 7.73. The predicted octanol–water partition coefficient (Wildman–Crippen LogP) is 0.174. The lowest BCUT2D eigenvalue weighted by Crippen LogP contribution is -2.38. The van der Waals surface area contributed by atoms with E-state index in [0.717, 1.165) is 0 Å². The van der Waals surface area contributed by atoms with Gasteiger partial charge in [-0.3, -0.25) is 9.78 Å². The van der Waals surface area contributed by atoms with Gasteiger partial charge in [-0.05, 0) is 12.0 Å². The molecule has 1 rings (SSSR count). The van der Waals surface area contributed by atoms with Crippen LogP contribution in [0.2, 0.25) is 0 Å². The quantitative estimate of drug-likeness (QED) is 0.666. The summed E-state index contributed by atoms with van der Waals surface area (Å²) in [7, 11) is -2.16. The van der Waals surface area contributed by atoms with Crippen molar-refractivity contribution in [1.82, 2.24) is 15.0 Å². The minimum absolute atomic E-state index is 0.0131. The monoisotopic (exact) mass is 300 g/mol. The Labute approximate surface area is 119 Å². The summed E-state index contributed by atoms with van der Waals surface area (Å²) in [5, 5.41) is 5.41. The van der Waals surface area contributed by atoms with Crippen molar-refractivity contribution in [2.75, 3.05) is 25.5 Å². The van der Waals surface area contributed by atoms with E-state index in [4.69, 9.17) is 0 Å². The highest BCUT2D eigenvalue weighted by Gasteiger charge is 2.19. The number of rotatable bonds is 7. The van der Waals surface area contributed by atoms with Crippen LogP contribution < -0.4 is 15.4 Å². The average Bonchev–Trinajstić information content (AvgIpc) is 2.43. The van der Waals surface area contributed by atoms with Gasteiger partial charge in [0.15, 0.2) is 0 Å². The Balaban J connectivity index is 2.69. The number of anilines is 1. The van der Waals surface area contributed by atoms with Gasteiger partial charge in [0.1, 0.15) is 4.90 Å². The summed E-state index contributed by atoms with van der Waals surface area (Å²) in [6.45, 7) is 4.13. The van der Waals surface area contributed by atoms with Gasteiger partial charge >= 0.3 is 0 Å². The molecule has 1 amide bonds. The van der Waals surface area contributed by atoms with Crippen molar-refractivity contribution >= 4 is 21.6 Å². The number of pyridine rings is 1. The minimum atomic E-state index is -3.77. The molecular formula is C12H20N4O3S. The maximum atomic E-state index is 12.1. The van der Waals surface area contributed by atoms with Crippen LogP contribution in [0.1, 0.15) is 13.8 Å². The summed E-state index contributed by atoms with van der Waals surface area (Å²) in [5.74, 6) is -0.0538. The topological polar surface area (TPSA) is 100 Å². The number of nitrogens with one attached hydrogen (secondary N) is 3. The summed E-state index contributed by atoms with van der Waals surface area (Å²) in [6, 6.07) is 1.55. The molecule has 0 aromatic carbocycles. The maximum Gasteiger partial charge on any atom is 0.244 e. The largest absolute Gasteiger partial charge is 0.387 e. The van der Waals surface area contributed by atoms with Gasteiger partial charge in [-0.25, -0.2) is 13.1 Å². The summed E-state index contributed by atoms with van der Waals surface area (Å²) in [5.41, 5.74) is 0.426. The molecule has 3 N–H and O–H groups in total. The van der Waals surface area contributed by atoms with Gasteiger partial charge in [0.2, 0.25) is 15.9 Å². The highest BCUT2D eigenvalue weighted by atomic mass is 32.2. The Hall–Kier alpha value is -1.67. The molecule has 20 heavy (non-hydrogen) atoms. The first kappa shape index (κ1) is 16.4. The number of sulfonamides is 1. The van der Waals surface area contributed by atoms with E-state index in [2.05, 4.69) is 20.3 Å². The van der Waals surface area contributed by atoms with E-state index in [9.17, 15) is 13.2 Å². The van der Waals surface area contributed by atoms with Gasteiger partial charge < -0.3 is 10.6 Å². The van der Waals surface area contributed by atoms with Crippen LogP contribution in [0.25, 0.3) is 0 Å².